The van der Waals surface area contributed by atoms with Gasteiger partial charge in [-0.1, -0.05) is 34.4 Å². The molecule has 1 aromatic carbocycles. The van der Waals surface area contributed by atoms with Crippen molar-refractivity contribution >= 4 is 40.6 Å². The van der Waals surface area contributed by atoms with Gasteiger partial charge in [0, 0.05) is 0 Å². The molecular weight excluding hydrogens is 497 g/mol. The van der Waals surface area contributed by atoms with Gasteiger partial charge in [0.2, 0.25) is 0 Å². The van der Waals surface area contributed by atoms with Crippen LogP contribution in [0.1, 0.15) is 44.5 Å². The number of rotatable bonds is 7. The lowest BCUT2D eigenvalue weighted by Crippen LogP contribution is -2.17. The van der Waals surface area contributed by atoms with Crippen molar-refractivity contribution in [2.75, 3.05) is 5.32 Å². The molecule has 0 saturated heterocycles. The second-order valence-electron chi connectivity index (χ2n) is 8.03. The smallest absolute Gasteiger partial charge is 0.361 e. The van der Waals surface area contributed by atoms with Crippen molar-refractivity contribution in [3.63, 3.8) is 0 Å². The molecule has 4 rings (SSSR count). The number of hydrogen-bond acceptors (Lipinski definition) is 7. The summed E-state index contributed by atoms with van der Waals surface area (Å²) in [5.41, 5.74) is 3.92. The lowest BCUT2D eigenvalue weighted by molar-refractivity contribution is -0.389. The first kappa shape index (κ1) is 24.4. The molecule has 0 aliphatic rings. The fourth-order valence-electron chi connectivity index (χ4n) is 3.66. The molecule has 0 aliphatic heterocycles. The van der Waals surface area contributed by atoms with Gasteiger partial charge in [0.15, 0.2) is 5.69 Å². The molecule has 0 fully saturated rings. The fourth-order valence-corrected chi connectivity index (χ4v) is 3.98. The number of carbonyl (C=O) groups excluding carboxylic acids is 1. The van der Waals surface area contributed by atoms with E-state index in [-0.39, 0.29) is 18.1 Å². The summed E-state index contributed by atoms with van der Waals surface area (Å²) in [6, 6.07) is 6.70. The topological polar surface area (TPSA) is 134 Å². The van der Waals surface area contributed by atoms with Gasteiger partial charge in [-0.3, -0.25) is 9.48 Å². The van der Waals surface area contributed by atoms with Crippen LogP contribution in [0.5, 0.6) is 0 Å². The maximum atomic E-state index is 13.2. The minimum absolute atomic E-state index is 0.0658. The lowest BCUT2D eigenvalue weighted by atomic mass is 10.1. The summed E-state index contributed by atoms with van der Waals surface area (Å²) in [5, 5.41) is 27.3. The number of aryl methyl sites for hydroxylation is 3. The third-order valence-corrected chi connectivity index (χ3v) is 6.34. The van der Waals surface area contributed by atoms with Crippen LogP contribution in [0.3, 0.4) is 0 Å². The Morgan fingerprint density at radius 2 is 1.83 bits per heavy atom. The Morgan fingerprint density at radius 3 is 2.49 bits per heavy atom. The molecule has 0 bridgehead atoms. The summed E-state index contributed by atoms with van der Waals surface area (Å²) in [6.07, 6.45) is 0. The van der Waals surface area contributed by atoms with Gasteiger partial charge in [-0.15, -0.1) is 0 Å². The van der Waals surface area contributed by atoms with Gasteiger partial charge in [0.05, 0.1) is 62.6 Å². The highest BCUT2D eigenvalue weighted by Gasteiger charge is 2.25. The summed E-state index contributed by atoms with van der Waals surface area (Å²) in [4.78, 5) is 23.6. The van der Waals surface area contributed by atoms with Crippen LogP contribution in [-0.4, -0.2) is 35.5 Å². The van der Waals surface area contributed by atoms with Crippen molar-refractivity contribution in [1.29, 1.82) is 0 Å². The van der Waals surface area contributed by atoms with E-state index in [1.165, 1.54) is 10.7 Å². The van der Waals surface area contributed by atoms with Crippen LogP contribution in [0.25, 0.3) is 0 Å². The van der Waals surface area contributed by atoms with Crippen LogP contribution in [0, 0.1) is 37.8 Å². The second-order valence-corrected chi connectivity index (χ2v) is 8.85. The molecular formula is C22H21Cl2N7O4. The van der Waals surface area contributed by atoms with Crippen molar-refractivity contribution in [2.45, 2.75) is 40.8 Å². The van der Waals surface area contributed by atoms with E-state index in [1.54, 1.807) is 37.6 Å². The minimum Gasteiger partial charge on any atom is -0.361 e. The van der Waals surface area contributed by atoms with E-state index in [0.29, 0.717) is 45.0 Å². The lowest BCUT2D eigenvalue weighted by Gasteiger charge is -2.08. The highest BCUT2D eigenvalue weighted by molar-refractivity contribution is 6.42. The number of hydrogen-bond donors (Lipinski definition) is 1. The number of benzene rings is 1. The van der Waals surface area contributed by atoms with E-state index in [9.17, 15) is 14.9 Å². The highest BCUT2D eigenvalue weighted by atomic mass is 35.5. The van der Waals surface area contributed by atoms with Crippen LogP contribution in [0.4, 0.5) is 11.5 Å². The van der Waals surface area contributed by atoms with Gasteiger partial charge >= 0.3 is 5.82 Å². The Bertz CT molecular complexity index is 1450. The van der Waals surface area contributed by atoms with Gasteiger partial charge < -0.3 is 20.0 Å². The van der Waals surface area contributed by atoms with Crippen LogP contribution in [0.2, 0.25) is 10.0 Å². The molecule has 0 unspecified atom stereocenters. The summed E-state index contributed by atoms with van der Waals surface area (Å²) in [5.74, 6) is -0.351. The molecule has 11 nitrogen and oxygen atoms in total. The van der Waals surface area contributed by atoms with Gasteiger partial charge in [0.1, 0.15) is 5.76 Å². The van der Waals surface area contributed by atoms with Gasteiger partial charge in [-0.25, -0.2) is 0 Å². The molecule has 13 heteroatoms. The fraction of sp³-hybridized carbons (Fsp3) is 0.273. The molecule has 3 aromatic heterocycles. The Morgan fingerprint density at radius 1 is 1.09 bits per heavy atom. The Balaban J connectivity index is 1.57. The number of amides is 1. The number of aromatic nitrogens is 5. The van der Waals surface area contributed by atoms with Gasteiger partial charge in [-0.2, -0.15) is 9.78 Å². The zero-order chi connectivity index (χ0) is 25.4. The highest BCUT2D eigenvalue weighted by Crippen LogP contribution is 2.26. The quantitative estimate of drug-likeness (QED) is 0.273. The number of anilines is 1. The minimum atomic E-state index is -0.571. The monoisotopic (exact) mass is 517 g/mol. The zero-order valence-electron chi connectivity index (χ0n) is 19.3. The molecule has 4 aromatic rings. The molecule has 1 N–H and O–H groups in total. The molecule has 1 amide bonds. The van der Waals surface area contributed by atoms with Crippen LogP contribution >= 0.6 is 23.2 Å². The van der Waals surface area contributed by atoms with Gasteiger partial charge in [0.25, 0.3) is 5.91 Å². The number of nitro groups is 1. The van der Waals surface area contributed by atoms with Crippen LogP contribution in [0.15, 0.2) is 28.8 Å². The van der Waals surface area contributed by atoms with Crippen molar-refractivity contribution in [3.05, 3.63) is 84.1 Å². The van der Waals surface area contributed by atoms with Crippen molar-refractivity contribution in [1.82, 2.24) is 24.7 Å². The first-order chi connectivity index (χ1) is 16.5. The maximum absolute atomic E-state index is 13.2. The zero-order valence-corrected chi connectivity index (χ0v) is 20.8. The predicted octanol–water partition coefficient (Wildman–Crippen LogP) is 4.87. The van der Waals surface area contributed by atoms with E-state index in [2.05, 4.69) is 20.7 Å². The standard InChI is InChI=1S/C22H21Cl2N7O4/c1-11-7-19(31(33)34)27-29(11)10-16-14(4)35-28-21(16)22(32)25-20-12(2)26-30(13(20)3)9-15-5-6-17(23)18(24)8-15/h5-8H,9-10H2,1-4H3,(H,25,32). The average molecular weight is 518 g/mol. The summed E-state index contributed by atoms with van der Waals surface area (Å²) in [7, 11) is 0. The normalized spacial score (nSPS) is 11.1. The summed E-state index contributed by atoms with van der Waals surface area (Å²) < 4.78 is 8.44. The number of nitrogens with zero attached hydrogens (tertiary/aromatic N) is 6. The number of halogens is 2. The van der Waals surface area contributed by atoms with Crippen molar-refractivity contribution in [2.24, 2.45) is 0 Å². The number of nitrogens with one attached hydrogen (secondary N) is 1. The van der Waals surface area contributed by atoms with E-state index in [1.807, 2.05) is 13.0 Å². The van der Waals surface area contributed by atoms with E-state index < -0.39 is 10.8 Å². The summed E-state index contributed by atoms with van der Waals surface area (Å²) >= 11 is 12.1. The van der Waals surface area contributed by atoms with E-state index in [0.717, 1.165) is 11.3 Å². The van der Waals surface area contributed by atoms with Crippen LogP contribution < -0.4 is 5.32 Å². The first-order valence-corrected chi connectivity index (χ1v) is 11.2. The molecule has 3 heterocycles. The molecule has 0 atom stereocenters. The molecule has 0 aliphatic carbocycles. The molecule has 0 radical (unpaired) electrons. The van der Waals surface area contributed by atoms with Crippen molar-refractivity contribution < 1.29 is 14.2 Å². The third-order valence-electron chi connectivity index (χ3n) is 5.60. The predicted molar refractivity (Wildman–Crippen MR) is 129 cm³/mol. The Labute approximate surface area is 209 Å². The number of carbonyl (C=O) groups is 1. The summed E-state index contributed by atoms with van der Waals surface area (Å²) in [6.45, 7) is 7.51. The van der Waals surface area contributed by atoms with Crippen LogP contribution in [-0.2, 0) is 13.1 Å². The Kier molecular flexibility index (Phi) is 6.64. The van der Waals surface area contributed by atoms with Crippen molar-refractivity contribution in [3.8, 4) is 0 Å². The maximum Gasteiger partial charge on any atom is 0.390 e. The van der Waals surface area contributed by atoms with Gasteiger partial charge in [-0.05, 0) is 50.3 Å². The Hall–Kier alpha value is -3.70. The first-order valence-electron chi connectivity index (χ1n) is 10.5. The van der Waals surface area contributed by atoms with E-state index in [4.69, 9.17) is 27.7 Å². The molecule has 35 heavy (non-hydrogen) atoms. The largest absolute Gasteiger partial charge is 0.390 e. The molecule has 0 spiro atoms. The molecule has 182 valence electrons. The second kappa shape index (κ2) is 9.51. The SMILES string of the molecule is Cc1nn(Cc2ccc(Cl)c(Cl)c2)c(C)c1NC(=O)c1noc(C)c1Cn1nc([N+](=O)[O-])cc1C. The average Bonchev–Trinajstić information content (AvgIpc) is 3.43. The van der Waals surface area contributed by atoms with E-state index >= 15 is 0 Å². The third kappa shape index (κ3) is 4.91. The molecule has 0 saturated carbocycles.